The van der Waals surface area contributed by atoms with Gasteiger partial charge in [-0.05, 0) is 18.2 Å². The summed E-state index contributed by atoms with van der Waals surface area (Å²) in [7, 11) is 1.49. The lowest BCUT2D eigenvalue weighted by Crippen LogP contribution is -2.28. The second-order valence-corrected chi connectivity index (χ2v) is 6.54. The van der Waals surface area contributed by atoms with Crippen LogP contribution in [-0.2, 0) is 19.1 Å². The van der Waals surface area contributed by atoms with Gasteiger partial charge in [-0.3, -0.25) is 24.5 Å². The molecule has 1 aliphatic heterocycles. The van der Waals surface area contributed by atoms with E-state index in [-0.39, 0.29) is 30.2 Å². The number of nitro benzene ring substituents is 1. The first kappa shape index (κ1) is 20.8. The average Bonchev–Trinajstić information content (AvgIpc) is 3.13. The van der Waals surface area contributed by atoms with Crippen LogP contribution in [0, 0.1) is 16.0 Å². The Morgan fingerprint density at radius 1 is 1.23 bits per heavy atom. The number of non-ortho nitro benzene ring substituents is 1. The van der Waals surface area contributed by atoms with Crippen molar-refractivity contribution in [2.45, 2.75) is 6.42 Å². The minimum Gasteiger partial charge on any atom is -0.495 e. The summed E-state index contributed by atoms with van der Waals surface area (Å²) in [6, 6.07) is 12.4. The summed E-state index contributed by atoms with van der Waals surface area (Å²) in [5.41, 5.74) is 0.595. The highest BCUT2D eigenvalue weighted by Crippen LogP contribution is 2.33. The van der Waals surface area contributed by atoms with Gasteiger partial charge in [0.15, 0.2) is 6.61 Å². The maximum atomic E-state index is 12.4. The van der Waals surface area contributed by atoms with Crippen molar-refractivity contribution in [3.8, 4) is 5.75 Å². The average molecular weight is 413 g/mol. The van der Waals surface area contributed by atoms with Crippen LogP contribution < -0.4 is 15.0 Å². The number of nitro groups is 1. The van der Waals surface area contributed by atoms with Crippen LogP contribution >= 0.6 is 0 Å². The Morgan fingerprint density at radius 3 is 2.73 bits per heavy atom. The van der Waals surface area contributed by atoms with Gasteiger partial charge in [0, 0.05) is 30.8 Å². The van der Waals surface area contributed by atoms with Gasteiger partial charge in [-0.15, -0.1) is 0 Å². The van der Waals surface area contributed by atoms with Crippen LogP contribution in [-0.4, -0.2) is 43.0 Å². The first-order chi connectivity index (χ1) is 14.4. The smallest absolute Gasteiger partial charge is 0.311 e. The summed E-state index contributed by atoms with van der Waals surface area (Å²) in [6.45, 7) is -0.453. The molecule has 0 aliphatic carbocycles. The largest absolute Gasteiger partial charge is 0.495 e. The van der Waals surface area contributed by atoms with Crippen molar-refractivity contribution in [2.75, 3.05) is 30.5 Å². The van der Waals surface area contributed by atoms with E-state index in [1.54, 1.807) is 24.3 Å². The quantitative estimate of drug-likeness (QED) is 0.418. The molecule has 10 nitrogen and oxygen atoms in total. The fourth-order valence-corrected chi connectivity index (χ4v) is 3.10. The Bertz CT molecular complexity index is 992. The zero-order valence-corrected chi connectivity index (χ0v) is 16.1. The molecule has 30 heavy (non-hydrogen) atoms. The molecule has 1 atom stereocenters. The van der Waals surface area contributed by atoms with E-state index < -0.39 is 29.3 Å². The summed E-state index contributed by atoms with van der Waals surface area (Å²) in [6.07, 6.45) is -0.0383. The number of anilines is 2. The minimum atomic E-state index is -0.715. The second kappa shape index (κ2) is 9.03. The van der Waals surface area contributed by atoms with Gasteiger partial charge in [-0.2, -0.15) is 0 Å². The standard InChI is InChI=1S/C20H19N3O7/c1-29-17-8-3-2-7-16(17)22-11-13(9-19(22)25)20(26)30-12-18(24)21-14-5-4-6-15(10-14)23(27)28/h2-8,10,13H,9,11-12H2,1H3,(H,21,24)/t13-/m0/s1. The molecule has 156 valence electrons. The number of nitrogens with one attached hydrogen (secondary N) is 1. The zero-order valence-electron chi connectivity index (χ0n) is 16.1. The van der Waals surface area contributed by atoms with E-state index >= 15 is 0 Å². The fourth-order valence-electron chi connectivity index (χ4n) is 3.10. The summed E-state index contributed by atoms with van der Waals surface area (Å²) in [5.74, 6) is -1.77. The molecule has 1 aliphatic rings. The number of methoxy groups -OCH3 is 1. The van der Waals surface area contributed by atoms with Crippen molar-refractivity contribution in [3.05, 3.63) is 58.6 Å². The minimum absolute atomic E-state index is 0.0383. The molecule has 0 unspecified atom stereocenters. The van der Waals surface area contributed by atoms with E-state index in [1.807, 2.05) is 0 Å². The highest BCUT2D eigenvalue weighted by molar-refractivity contribution is 6.01. The molecular formula is C20H19N3O7. The van der Waals surface area contributed by atoms with Gasteiger partial charge in [0.25, 0.3) is 11.6 Å². The van der Waals surface area contributed by atoms with Gasteiger partial charge in [-0.25, -0.2) is 0 Å². The third-order valence-corrected chi connectivity index (χ3v) is 4.52. The van der Waals surface area contributed by atoms with E-state index in [2.05, 4.69) is 5.32 Å². The SMILES string of the molecule is COc1ccccc1N1C[C@@H](C(=O)OCC(=O)Nc2cccc([N+](=O)[O-])c2)CC1=O. The molecule has 0 saturated carbocycles. The van der Waals surface area contributed by atoms with Crippen molar-refractivity contribution in [2.24, 2.45) is 5.92 Å². The van der Waals surface area contributed by atoms with Crippen LogP contribution in [0.3, 0.4) is 0 Å². The molecule has 1 heterocycles. The fraction of sp³-hybridized carbons (Fsp3) is 0.250. The molecule has 0 bridgehead atoms. The molecule has 0 spiro atoms. The number of hydrogen-bond donors (Lipinski definition) is 1. The molecule has 1 N–H and O–H groups in total. The van der Waals surface area contributed by atoms with Crippen LogP contribution in [0.15, 0.2) is 48.5 Å². The van der Waals surface area contributed by atoms with Gasteiger partial charge in [0.2, 0.25) is 5.91 Å². The zero-order chi connectivity index (χ0) is 21.7. The number of esters is 1. The molecule has 2 amide bonds. The molecule has 0 aromatic heterocycles. The van der Waals surface area contributed by atoms with Gasteiger partial charge >= 0.3 is 5.97 Å². The molecule has 0 radical (unpaired) electrons. The van der Waals surface area contributed by atoms with Gasteiger partial charge in [0.1, 0.15) is 5.75 Å². The number of para-hydroxylation sites is 2. The molecule has 2 aromatic carbocycles. The monoisotopic (exact) mass is 413 g/mol. The predicted octanol–water partition coefficient (Wildman–Crippen LogP) is 2.14. The van der Waals surface area contributed by atoms with E-state index in [1.165, 1.54) is 36.3 Å². The maximum Gasteiger partial charge on any atom is 0.311 e. The molecule has 2 aromatic rings. The van der Waals surface area contributed by atoms with Crippen LogP contribution in [0.1, 0.15) is 6.42 Å². The number of rotatable bonds is 7. The molecule has 3 rings (SSSR count). The van der Waals surface area contributed by atoms with Gasteiger partial charge < -0.3 is 19.7 Å². The van der Waals surface area contributed by atoms with Crippen molar-refractivity contribution in [3.63, 3.8) is 0 Å². The van der Waals surface area contributed by atoms with Gasteiger partial charge in [0.05, 0.1) is 23.6 Å². The Morgan fingerprint density at radius 2 is 2.00 bits per heavy atom. The summed E-state index contributed by atoms with van der Waals surface area (Å²) in [5, 5.41) is 13.2. The summed E-state index contributed by atoms with van der Waals surface area (Å²) < 4.78 is 10.3. The van der Waals surface area contributed by atoms with Crippen LogP contribution in [0.5, 0.6) is 5.75 Å². The first-order valence-corrected chi connectivity index (χ1v) is 9.03. The van der Waals surface area contributed by atoms with E-state index in [0.717, 1.165) is 0 Å². The maximum absolute atomic E-state index is 12.4. The number of amides is 2. The Labute approximate surface area is 171 Å². The third kappa shape index (κ3) is 4.72. The topological polar surface area (TPSA) is 128 Å². The van der Waals surface area contributed by atoms with Crippen LogP contribution in [0.25, 0.3) is 0 Å². The third-order valence-electron chi connectivity index (χ3n) is 4.52. The summed E-state index contributed by atoms with van der Waals surface area (Å²) in [4.78, 5) is 48.3. The molecular weight excluding hydrogens is 394 g/mol. The summed E-state index contributed by atoms with van der Waals surface area (Å²) >= 11 is 0. The highest BCUT2D eigenvalue weighted by Gasteiger charge is 2.37. The van der Waals surface area contributed by atoms with Crippen molar-refractivity contribution in [1.29, 1.82) is 0 Å². The number of ether oxygens (including phenoxy) is 2. The number of carbonyl (C=O) groups is 3. The highest BCUT2D eigenvalue weighted by atomic mass is 16.6. The van der Waals surface area contributed by atoms with Crippen molar-refractivity contribution >= 4 is 34.8 Å². The number of nitrogens with zero attached hydrogens (tertiary/aromatic N) is 2. The van der Waals surface area contributed by atoms with E-state index in [4.69, 9.17) is 9.47 Å². The van der Waals surface area contributed by atoms with Crippen LogP contribution in [0.2, 0.25) is 0 Å². The lowest BCUT2D eigenvalue weighted by molar-refractivity contribution is -0.384. The number of hydrogen-bond acceptors (Lipinski definition) is 7. The Balaban J connectivity index is 1.55. The lowest BCUT2D eigenvalue weighted by Gasteiger charge is -2.19. The van der Waals surface area contributed by atoms with E-state index in [9.17, 15) is 24.5 Å². The Kier molecular flexibility index (Phi) is 6.26. The first-order valence-electron chi connectivity index (χ1n) is 9.03. The van der Waals surface area contributed by atoms with Crippen molar-refractivity contribution in [1.82, 2.24) is 0 Å². The number of benzene rings is 2. The molecule has 10 heteroatoms. The van der Waals surface area contributed by atoms with Crippen molar-refractivity contribution < 1.29 is 28.8 Å². The lowest BCUT2D eigenvalue weighted by atomic mass is 10.1. The van der Waals surface area contributed by atoms with Gasteiger partial charge in [-0.1, -0.05) is 18.2 Å². The predicted molar refractivity (Wildman–Crippen MR) is 106 cm³/mol. The molecule has 1 fully saturated rings. The number of carbonyl (C=O) groups excluding carboxylic acids is 3. The normalized spacial score (nSPS) is 15.6. The van der Waals surface area contributed by atoms with E-state index in [0.29, 0.717) is 11.4 Å². The Hall–Kier alpha value is -3.95. The second-order valence-electron chi connectivity index (χ2n) is 6.54. The van der Waals surface area contributed by atoms with Crippen LogP contribution in [0.4, 0.5) is 17.1 Å². The molecule has 1 saturated heterocycles.